The SMILES string of the molecule is C#Cc1c(F)ccc2cc(OCOC)cc(-c3ncc4c(N5CC6CC(C5)N6C(=O)OC(C)(C)C)nc(OCC56CCCN5CCC6)nc4c3F)c12. The topological polar surface area (TPSA) is 102 Å². The predicted octanol–water partition coefficient (Wildman–Crippen LogP) is 6.29. The molecule has 9 rings (SSSR count). The van der Waals surface area contributed by atoms with E-state index in [1.807, 2.05) is 25.7 Å². The quantitative estimate of drug-likeness (QED) is 0.153. The van der Waals surface area contributed by atoms with Crippen molar-refractivity contribution < 1.29 is 32.5 Å². The molecule has 5 saturated heterocycles. The van der Waals surface area contributed by atoms with Gasteiger partial charge in [0.15, 0.2) is 12.6 Å². The van der Waals surface area contributed by atoms with Gasteiger partial charge in [0.05, 0.1) is 28.6 Å². The molecule has 5 aliphatic heterocycles. The number of nitrogens with zero attached hydrogens (tertiary/aromatic N) is 6. The largest absolute Gasteiger partial charge is 0.468 e. The number of hydrogen-bond donors (Lipinski definition) is 0. The molecule has 0 N–H and O–H groups in total. The number of hydrogen-bond acceptors (Lipinski definition) is 10. The second kappa shape index (κ2) is 13.0. The summed E-state index contributed by atoms with van der Waals surface area (Å²) in [4.78, 5) is 33.5. The van der Waals surface area contributed by atoms with Crippen LogP contribution in [0.5, 0.6) is 11.8 Å². The molecule has 11 nitrogen and oxygen atoms in total. The number of anilines is 1. The first kappa shape index (κ1) is 34.3. The van der Waals surface area contributed by atoms with Crippen LogP contribution < -0.4 is 14.4 Å². The Labute approximate surface area is 301 Å². The molecule has 2 aromatic carbocycles. The number of aromatic nitrogens is 3. The molecule has 1 amide bonds. The lowest BCUT2D eigenvalue weighted by molar-refractivity contribution is -0.0380. The van der Waals surface area contributed by atoms with Crippen molar-refractivity contribution in [3.63, 3.8) is 0 Å². The number of ether oxygens (including phenoxy) is 4. The Morgan fingerprint density at radius 3 is 2.52 bits per heavy atom. The van der Waals surface area contributed by atoms with Crippen LogP contribution in [0, 0.1) is 24.0 Å². The molecule has 2 unspecified atom stereocenters. The van der Waals surface area contributed by atoms with Crippen LogP contribution in [0.3, 0.4) is 0 Å². The van der Waals surface area contributed by atoms with E-state index in [4.69, 9.17) is 30.4 Å². The van der Waals surface area contributed by atoms with Gasteiger partial charge in [-0.15, -0.1) is 6.42 Å². The lowest BCUT2D eigenvalue weighted by Crippen LogP contribution is -2.70. The van der Waals surface area contributed by atoms with Crippen LogP contribution >= 0.6 is 0 Å². The molecule has 0 radical (unpaired) electrons. The van der Waals surface area contributed by atoms with E-state index in [0.29, 0.717) is 47.4 Å². The summed E-state index contributed by atoms with van der Waals surface area (Å²) in [6, 6.07) is 5.99. The smallest absolute Gasteiger partial charge is 0.410 e. The molecule has 13 heteroatoms. The van der Waals surface area contributed by atoms with Crippen LogP contribution in [0.15, 0.2) is 30.5 Å². The van der Waals surface area contributed by atoms with Crippen molar-refractivity contribution in [1.82, 2.24) is 24.8 Å². The van der Waals surface area contributed by atoms with Crippen molar-refractivity contribution in [2.24, 2.45) is 0 Å². The van der Waals surface area contributed by atoms with E-state index in [1.165, 1.54) is 19.4 Å². The van der Waals surface area contributed by atoms with E-state index in [9.17, 15) is 4.79 Å². The summed E-state index contributed by atoms with van der Waals surface area (Å²) in [6.07, 6.45) is 12.1. The highest BCUT2D eigenvalue weighted by Crippen LogP contribution is 2.43. The van der Waals surface area contributed by atoms with Crippen molar-refractivity contribution in [3.05, 3.63) is 47.7 Å². The number of piperidine rings is 1. The van der Waals surface area contributed by atoms with Gasteiger partial charge in [-0.2, -0.15) is 9.97 Å². The third kappa shape index (κ3) is 5.91. The molecule has 52 heavy (non-hydrogen) atoms. The number of halogens is 2. The van der Waals surface area contributed by atoms with E-state index in [1.54, 1.807) is 23.1 Å². The fourth-order valence-electron chi connectivity index (χ4n) is 8.52. The number of pyridine rings is 1. The van der Waals surface area contributed by atoms with Crippen molar-refractivity contribution in [2.45, 2.75) is 76.1 Å². The van der Waals surface area contributed by atoms with Crippen molar-refractivity contribution >= 4 is 33.6 Å². The van der Waals surface area contributed by atoms with Gasteiger partial charge in [-0.25, -0.2) is 13.6 Å². The molecule has 2 atom stereocenters. The normalized spacial score (nSPS) is 20.9. The molecule has 0 aliphatic carbocycles. The van der Waals surface area contributed by atoms with E-state index >= 15 is 8.78 Å². The second-order valence-corrected chi connectivity index (χ2v) is 15.2. The number of fused-ring (bicyclic) bond motifs is 5. The Morgan fingerprint density at radius 2 is 1.83 bits per heavy atom. The second-order valence-electron chi connectivity index (χ2n) is 15.2. The molecule has 272 valence electrons. The summed E-state index contributed by atoms with van der Waals surface area (Å²) in [7, 11) is 1.49. The van der Waals surface area contributed by atoms with Gasteiger partial charge >= 0.3 is 12.1 Å². The third-order valence-electron chi connectivity index (χ3n) is 10.8. The van der Waals surface area contributed by atoms with E-state index in [0.717, 1.165) is 45.2 Å². The van der Waals surface area contributed by atoms with Gasteiger partial charge in [-0.05, 0) is 89.6 Å². The number of rotatable bonds is 8. The van der Waals surface area contributed by atoms with Crippen molar-refractivity contribution in [3.8, 4) is 35.4 Å². The number of amides is 1. The first-order valence-electron chi connectivity index (χ1n) is 17.8. The van der Waals surface area contributed by atoms with E-state index in [2.05, 4.69) is 20.8 Å². The highest BCUT2D eigenvalue weighted by atomic mass is 19.1. The molecule has 2 aromatic heterocycles. The average molecular weight is 713 g/mol. The molecular formula is C39H42F2N6O5. The molecule has 5 aliphatic rings. The summed E-state index contributed by atoms with van der Waals surface area (Å²) in [5.41, 5.74) is -0.534. The lowest BCUT2D eigenvalue weighted by Gasteiger charge is -2.56. The van der Waals surface area contributed by atoms with Crippen LogP contribution in [0.2, 0.25) is 0 Å². The molecule has 7 heterocycles. The average Bonchev–Trinajstić information content (AvgIpc) is 3.70. The standard InChI is InChI=1S/C39H42F2N6O5/c1-6-27-30(40)10-9-23-15-26(51-22-49-5)17-28(31(23)27)33-32(41)34-29(18-42-33)35(44-36(43-34)50-21-39-11-7-13-46(39)14-8-12-39)45-19-24-16-25(20-45)47(24)37(48)52-38(2,3)4/h1,9-10,15,17-18,24-25H,7-8,11-14,16,19-22H2,2-5H3. The minimum atomic E-state index is -0.734. The van der Waals surface area contributed by atoms with Crippen LogP contribution in [0.1, 0.15) is 58.4 Å². The zero-order valence-electron chi connectivity index (χ0n) is 29.9. The van der Waals surface area contributed by atoms with Crippen molar-refractivity contribution in [2.75, 3.05) is 51.6 Å². The zero-order valence-corrected chi connectivity index (χ0v) is 29.9. The molecule has 2 bridgehead atoms. The minimum Gasteiger partial charge on any atom is -0.468 e. The Bertz CT molecular complexity index is 2090. The van der Waals surface area contributed by atoms with Crippen LogP contribution in [-0.4, -0.2) is 101 Å². The first-order chi connectivity index (χ1) is 25.0. The number of carbonyl (C=O) groups is 1. The number of piperazine rings is 1. The molecular weight excluding hydrogens is 670 g/mol. The minimum absolute atomic E-state index is 0.00969. The van der Waals surface area contributed by atoms with Crippen LogP contribution in [0.25, 0.3) is 32.9 Å². The maximum Gasteiger partial charge on any atom is 0.410 e. The fraction of sp³-hybridized carbons (Fsp3) is 0.487. The van der Waals surface area contributed by atoms with Gasteiger partial charge in [-0.3, -0.25) is 14.8 Å². The van der Waals surface area contributed by atoms with E-state index in [-0.39, 0.29) is 58.9 Å². The molecule has 4 aromatic rings. The van der Waals surface area contributed by atoms with Gasteiger partial charge in [0.1, 0.15) is 40.8 Å². The van der Waals surface area contributed by atoms with Gasteiger partial charge in [0, 0.05) is 37.3 Å². The van der Waals surface area contributed by atoms with Crippen LogP contribution in [0.4, 0.5) is 19.4 Å². The van der Waals surface area contributed by atoms with Gasteiger partial charge in [0.2, 0.25) is 0 Å². The van der Waals surface area contributed by atoms with Crippen LogP contribution in [-0.2, 0) is 9.47 Å². The van der Waals surface area contributed by atoms with E-state index < -0.39 is 17.2 Å². The predicted molar refractivity (Wildman–Crippen MR) is 191 cm³/mol. The monoisotopic (exact) mass is 712 g/mol. The van der Waals surface area contributed by atoms with Gasteiger partial charge in [-0.1, -0.05) is 12.0 Å². The third-order valence-corrected chi connectivity index (χ3v) is 10.8. The number of benzene rings is 2. The summed E-state index contributed by atoms with van der Waals surface area (Å²) in [5, 5.41) is 1.26. The zero-order chi connectivity index (χ0) is 36.4. The first-order valence-corrected chi connectivity index (χ1v) is 17.8. The molecule has 0 spiro atoms. The highest BCUT2D eigenvalue weighted by Gasteiger charge is 2.50. The van der Waals surface area contributed by atoms with Crippen molar-refractivity contribution in [1.29, 1.82) is 0 Å². The fourth-order valence-corrected chi connectivity index (χ4v) is 8.52. The van der Waals surface area contributed by atoms with Gasteiger partial charge < -0.3 is 23.8 Å². The maximum atomic E-state index is 17.2. The molecule has 5 fully saturated rings. The summed E-state index contributed by atoms with van der Waals surface area (Å²) >= 11 is 0. The number of methoxy groups -OCH3 is 1. The Kier molecular flexibility index (Phi) is 8.58. The lowest BCUT2D eigenvalue weighted by atomic mass is 9.88. The number of terminal acetylenes is 1. The Balaban J connectivity index is 1.23. The highest BCUT2D eigenvalue weighted by molar-refractivity contribution is 6.03. The summed E-state index contributed by atoms with van der Waals surface area (Å²) < 4.78 is 55.2. The summed E-state index contributed by atoms with van der Waals surface area (Å²) in [5.74, 6) is 1.93. The Morgan fingerprint density at radius 1 is 1.08 bits per heavy atom. The summed E-state index contributed by atoms with van der Waals surface area (Å²) in [6.45, 7) is 8.89. The van der Waals surface area contributed by atoms with Gasteiger partial charge in [0.25, 0.3) is 0 Å². The maximum absolute atomic E-state index is 17.2. The molecule has 0 saturated carbocycles. The Hall–Kier alpha value is -4.80. The number of carbonyl (C=O) groups excluding carboxylic acids is 1.